The lowest BCUT2D eigenvalue weighted by Gasteiger charge is -2.33. The molecule has 0 spiro atoms. The predicted molar refractivity (Wildman–Crippen MR) is 115 cm³/mol. The highest BCUT2D eigenvalue weighted by Crippen LogP contribution is 2.28. The summed E-state index contributed by atoms with van der Waals surface area (Å²) in [4.78, 5) is 4.40. The molecule has 26 heavy (non-hydrogen) atoms. The highest BCUT2D eigenvalue weighted by atomic mass is 79.9. The first-order chi connectivity index (χ1) is 12.4. The molecular formula is C22H24BrNOSi. The van der Waals surface area contributed by atoms with Crippen LogP contribution in [-0.2, 0) is 4.74 Å². The molecule has 0 aliphatic carbocycles. The Balaban J connectivity index is 2.15. The van der Waals surface area contributed by atoms with E-state index in [-0.39, 0.29) is 11.3 Å². The van der Waals surface area contributed by atoms with Crippen molar-refractivity contribution >= 4 is 35.1 Å². The Labute approximate surface area is 166 Å². The number of ether oxygens (including phenoxy) is 1. The van der Waals surface area contributed by atoms with Crippen LogP contribution in [0.1, 0.15) is 32.1 Å². The van der Waals surface area contributed by atoms with Gasteiger partial charge in [-0.15, -0.1) is 0 Å². The Morgan fingerprint density at radius 3 is 1.88 bits per heavy atom. The molecule has 0 saturated carbocycles. The van der Waals surface area contributed by atoms with E-state index in [2.05, 4.69) is 108 Å². The summed E-state index contributed by atoms with van der Waals surface area (Å²) < 4.78 is 7.63. The average Bonchev–Trinajstić information content (AvgIpc) is 2.62. The lowest BCUT2D eigenvalue weighted by atomic mass is 10.2. The zero-order valence-electron chi connectivity index (χ0n) is 15.4. The van der Waals surface area contributed by atoms with Gasteiger partial charge in [0.15, 0.2) is 0 Å². The number of nitrogens with zero attached hydrogens (tertiary/aromatic N) is 1. The summed E-state index contributed by atoms with van der Waals surface area (Å²) in [6, 6.07) is 23.7. The summed E-state index contributed by atoms with van der Waals surface area (Å²) in [5, 5.41) is 2.74. The number of pyridine rings is 1. The maximum atomic E-state index is 6.65. The Morgan fingerprint density at radius 1 is 0.885 bits per heavy atom. The summed E-state index contributed by atoms with van der Waals surface area (Å²) in [6.45, 7) is 6.35. The van der Waals surface area contributed by atoms with Crippen LogP contribution in [0.25, 0.3) is 0 Å². The van der Waals surface area contributed by atoms with E-state index in [4.69, 9.17) is 4.74 Å². The Kier molecular flexibility index (Phi) is 6.07. The standard InChI is InChI=1S/C22H24BrNOSi/c1-22(2,3)25-21(17-14-18(23)16-24-15-17)26(19-10-6-4-7-11-19)20-12-8-5-9-13-20/h4-16,21,26H,1-3H3. The average molecular weight is 426 g/mol. The third-order valence-corrected chi connectivity index (χ3v) is 7.92. The van der Waals surface area contributed by atoms with Crippen molar-refractivity contribution in [1.29, 1.82) is 0 Å². The van der Waals surface area contributed by atoms with Crippen molar-refractivity contribution in [2.24, 2.45) is 0 Å². The molecule has 0 bridgehead atoms. The molecule has 4 heteroatoms. The van der Waals surface area contributed by atoms with E-state index in [0.29, 0.717) is 0 Å². The second-order valence-corrected chi connectivity index (χ2v) is 11.2. The van der Waals surface area contributed by atoms with Crippen LogP contribution in [-0.4, -0.2) is 19.4 Å². The lowest BCUT2D eigenvalue weighted by Crippen LogP contribution is -2.50. The molecule has 0 fully saturated rings. The van der Waals surface area contributed by atoms with Crippen LogP contribution in [0.5, 0.6) is 0 Å². The molecule has 0 saturated heterocycles. The second kappa shape index (κ2) is 8.29. The van der Waals surface area contributed by atoms with E-state index in [1.54, 1.807) is 0 Å². The number of aromatic nitrogens is 1. The zero-order valence-corrected chi connectivity index (χ0v) is 18.1. The van der Waals surface area contributed by atoms with Crippen LogP contribution in [0.15, 0.2) is 83.6 Å². The molecule has 0 aliphatic rings. The molecule has 3 aromatic rings. The molecule has 1 heterocycles. The van der Waals surface area contributed by atoms with Gasteiger partial charge in [-0.3, -0.25) is 4.98 Å². The Bertz CT molecular complexity index is 794. The van der Waals surface area contributed by atoms with Crippen molar-refractivity contribution < 1.29 is 4.74 Å². The van der Waals surface area contributed by atoms with Gasteiger partial charge >= 0.3 is 0 Å². The van der Waals surface area contributed by atoms with E-state index in [0.717, 1.165) is 10.0 Å². The number of rotatable bonds is 5. The monoisotopic (exact) mass is 425 g/mol. The summed E-state index contributed by atoms with van der Waals surface area (Å²) in [6.07, 6.45) is 3.76. The first-order valence-electron chi connectivity index (χ1n) is 8.82. The topological polar surface area (TPSA) is 22.1 Å². The minimum absolute atomic E-state index is 0.00944. The zero-order chi connectivity index (χ0) is 18.6. The third-order valence-electron chi connectivity index (χ3n) is 4.16. The minimum atomic E-state index is -1.70. The molecule has 1 atom stereocenters. The fourth-order valence-electron chi connectivity index (χ4n) is 3.16. The summed E-state index contributed by atoms with van der Waals surface area (Å²) >= 11 is 3.57. The Hall–Kier alpha value is -1.75. The third kappa shape index (κ3) is 4.91. The summed E-state index contributed by atoms with van der Waals surface area (Å²) in [7, 11) is -1.70. The highest BCUT2D eigenvalue weighted by Gasteiger charge is 2.32. The second-order valence-electron chi connectivity index (χ2n) is 7.39. The first kappa shape index (κ1) is 19.0. The molecule has 2 aromatic carbocycles. The van der Waals surface area contributed by atoms with Gasteiger partial charge in [-0.2, -0.15) is 0 Å². The summed E-state index contributed by atoms with van der Waals surface area (Å²) in [5.74, 6) is 0. The first-order valence-corrected chi connectivity index (χ1v) is 11.4. The smallest absolute Gasteiger partial charge is 0.140 e. The van der Waals surface area contributed by atoms with Gasteiger partial charge in [0.2, 0.25) is 0 Å². The normalized spacial score (nSPS) is 13.0. The van der Waals surface area contributed by atoms with Crippen molar-refractivity contribution in [3.8, 4) is 0 Å². The molecule has 1 unspecified atom stereocenters. The van der Waals surface area contributed by atoms with E-state index in [1.165, 1.54) is 10.4 Å². The molecule has 0 N–H and O–H groups in total. The van der Waals surface area contributed by atoms with Crippen LogP contribution in [0.2, 0.25) is 0 Å². The largest absolute Gasteiger partial charge is 0.371 e. The van der Waals surface area contributed by atoms with E-state index in [1.807, 2.05) is 12.4 Å². The predicted octanol–water partition coefficient (Wildman–Crippen LogP) is 4.28. The van der Waals surface area contributed by atoms with Crippen LogP contribution in [0.3, 0.4) is 0 Å². The van der Waals surface area contributed by atoms with Gasteiger partial charge in [0, 0.05) is 16.9 Å². The van der Waals surface area contributed by atoms with Crippen LogP contribution >= 0.6 is 15.9 Å². The molecule has 3 rings (SSSR count). The van der Waals surface area contributed by atoms with Gasteiger partial charge in [-0.1, -0.05) is 71.0 Å². The molecule has 0 radical (unpaired) electrons. The van der Waals surface area contributed by atoms with Gasteiger partial charge in [-0.25, -0.2) is 0 Å². The van der Waals surface area contributed by atoms with Crippen molar-refractivity contribution in [1.82, 2.24) is 4.98 Å². The molecular weight excluding hydrogens is 402 g/mol. The van der Waals surface area contributed by atoms with Gasteiger partial charge in [-0.05, 0) is 48.3 Å². The van der Waals surface area contributed by atoms with Crippen molar-refractivity contribution in [3.63, 3.8) is 0 Å². The molecule has 0 amide bonds. The van der Waals surface area contributed by atoms with Gasteiger partial charge in [0.1, 0.15) is 8.80 Å². The summed E-state index contributed by atoms with van der Waals surface area (Å²) in [5.41, 5.74) is 0.866. The quantitative estimate of drug-likeness (QED) is 0.569. The van der Waals surface area contributed by atoms with Crippen LogP contribution in [0, 0.1) is 0 Å². The van der Waals surface area contributed by atoms with Crippen molar-refractivity contribution in [2.75, 3.05) is 0 Å². The molecule has 134 valence electrons. The fourth-order valence-corrected chi connectivity index (χ4v) is 7.01. The van der Waals surface area contributed by atoms with Crippen LogP contribution < -0.4 is 10.4 Å². The highest BCUT2D eigenvalue weighted by molar-refractivity contribution is 9.10. The van der Waals surface area contributed by atoms with Crippen molar-refractivity contribution in [2.45, 2.75) is 32.1 Å². The molecule has 1 aromatic heterocycles. The van der Waals surface area contributed by atoms with E-state index in [9.17, 15) is 0 Å². The minimum Gasteiger partial charge on any atom is -0.371 e. The van der Waals surface area contributed by atoms with Crippen LogP contribution in [0.4, 0.5) is 0 Å². The number of benzene rings is 2. The lowest BCUT2D eigenvalue weighted by molar-refractivity contribution is -0.0265. The Morgan fingerprint density at radius 2 is 1.42 bits per heavy atom. The SMILES string of the molecule is CC(C)(C)OC(c1cncc(Br)c1)[SiH](c1ccccc1)c1ccccc1. The maximum absolute atomic E-state index is 6.65. The van der Waals surface area contributed by atoms with E-state index >= 15 is 0 Å². The molecule has 2 nitrogen and oxygen atoms in total. The number of halogens is 1. The molecule has 0 aliphatic heterocycles. The van der Waals surface area contributed by atoms with Gasteiger partial charge in [0.05, 0.1) is 11.3 Å². The van der Waals surface area contributed by atoms with Gasteiger partial charge < -0.3 is 4.74 Å². The fraction of sp³-hybridized carbons (Fsp3) is 0.227. The number of hydrogen-bond acceptors (Lipinski definition) is 2. The van der Waals surface area contributed by atoms with E-state index < -0.39 is 8.80 Å². The number of hydrogen-bond donors (Lipinski definition) is 0. The van der Waals surface area contributed by atoms with Crippen molar-refractivity contribution in [3.05, 3.63) is 89.2 Å². The maximum Gasteiger partial charge on any atom is 0.140 e. The van der Waals surface area contributed by atoms with Gasteiger partial charge in [0.25, 0.3) is 0 Å².